The molecule has 0 amide bonds. The Kier molecular flexibility index (Phi) is 4.45. The van der Waals surface area contributed by atoms with Gasteiger partial charge in [0.1, 0.15) is 0 Å². The number of benzene rings is 2. The van der Waals surface area contributed by atoms with E-state index in [9.17, 15) is 9.90 Å². The Hall–Kier alpha value is -1.81. The summed E-state index contributed by atoms with van der Waals surface area (Å²) in [7, 11) is 0. The zero-order valence-electron chi connectivity index (χ0n) is 11.4. The number of hydrogen-bond donors (Lipinski definition) is 2. The van der Waals surface area contributed by atoms with E-state index in [1.54, 1.807) is 0 Å². The van der Waals surface area contributed by atoms with Crippen LogP contribution >= 0.6 is 15.9 Å². The average molecular weight is 334 g/mol. The first kappa shape index (κ1) is 14.6. The highest BCUT2D eigenvalue weighted by Gasteiger charge is 2.20. The molecule has 0 aromatic heterocycles. The van der Waals surface area contributed by atoms with Crippen molar-refractivity contribution in [3.63, 3.8) is 0 Å². The lowest BCUT2D eigenvalue weighted by atomic mass is 10.0. The van der Waals surface area contributed by atoms with Crippen molar-refractivity contribution in [2.75, 3.05) is 5.32 Å². The van der Waals surface area contributed by atoms with Gasteiger partial charge in [0.25, 0.3) is 0 Å². The lowest BCUT2D eigenvalue weighted by Crippen LogP contribution is -2.21. The summed E-state index contributed by atoms with van der Waals surface area (Å²) in [5, 5.41) is 12.6. The van der Waals surface area contributed by atoms with Crippen LogP contribution in [0, 0.1) is 13.8 Å². The van der Waals surface area contributed by atoms with Crippen molar-refractivity contribution in [2.24, 2.45) is 0 Å². The summed E-state index contributed by atoms with van der Waals surface area (Å²) in [6, 6.07) is 12.5. The molecule has 0 aliphatic carbocycles. The van der Waals surface area contributed by atoms with Crippen LogP contribution in [0.15, 0.2) is 46.9 Å². The topological polar surface area (TPSA) is 49.3 Å². The van der Waals surface area contributed by atoms with Crippen molar-refractivity contribution in [1.82, 2.24) is 0 Å². The predicted octanol–water partition coefficient (Wildman–Crippen LogP) is 4.30. The van der Waals surface area contributed by atoms with Gasteiger partial charge in [-0.25, -0.2) is 4.79 Å². The van der Waals surface area contributed by atoms with Gasteiger partial charge >= 0.3 is 5.97 Å². The molecule has 104 valence electrons. The lowest BCUT2D eigenvalue weighted by molar-refractivity contribution is -0.138. The SMILES string of the molecule is Cc1cc(C(Nc2ccccc2C)C(=O)O)ccc1Br. The third-order valence-electron chi connectivity index (χ3n) is 3.21. The number of halogens is 1. The lowest BCUT2D eigenvalue weighted by Gasteiger charge is -2.18. The molecule has 0 aliphatic rings. The van der Waals surface area contributed by atoms with Crippen LogP contribution in [0.3, 0.4) is 0 Å². The first-order chi connectivity index (χ1) is 9.49. The van der Waals surface area contributed by atoms with Crippen LogP contribution in [-0.2, 0) is 4.79 Å². The molecule has 3 nitrogen and oxygen atoms in total. The molecule has 0 saturated heterocycles. The molecule has 2 rings (SSSR count). The van der Waals surface area contributed by atoms with Crippen LogP contribution in [0.5, 0.6) is 0 Å². The largest absolute Gasteiger partial charge is 0.479 e. The molecular formula is C16H16BrNO2. The minimum absolute atomic E-state index is 0.737. The molecule has 2 N–H and O–H groups in total. The molecular weight excluding hydrogens is 318 g/mol. The number of rotatable bonds is 4. The van der Waals surface area contributed by atoms with Gasteiger partial charge in [0.05, 0.1) is 0 Å². The average Bonchev–Trinajstić information content (AvgIpc) is 2.41. The summed E-state index contributed by atoms with van der Waals surface area (Å²) in [4.78, 5) is 11.5. The predicted molar refractivity (Wildman–Crippen MR) is 84.1 cm³/mol. The Morgan fingerprint density at radius 1 is 1.15 bits per heavy atom. The Morgan fingerprint density at radius 2 is 1.85 bits per heavy atom. The number of aryl methyl sites for hydroxylation is 2. The smallest absolute Gasteiger partial charge is 0.330 e. The summed E-state index contributed by atoms with van der Waals surface area (Å²) >= 11 is 3.43. The van der Waals surface area contributed by atoms with Crippen LogP contribution in [0.4, 0.5) is 5.69 Å². The number of carboxylic acids is 1. The van der Waals surface area contributed by atoms with E-state index in [-0.39, 0.29) is 0 Å². The minimum Gasteiger partial charge on any atom is -0.479 e. The van der Waals surface area contributed by atoms with E-state index in [0.29, 0.717) is 0 Å². The third kappa shape index (κ3) is 3.20. The van der Waals surface area contributed by atoms with Crippen LogP contribution in [-0.4, -0.2) is 11.1 Å². The maximum atomic E-state index is 11.5. The number of carboxylic acid groups (broad SMARTS) is 1. The quantitative estimate of drug-likeness (QED) is 0.876. The third-order valence-corrected chi connectivity index (χ3v) is 4.10. The summed E-state index contributed by atoms with van der Waals surface area (Å²) in [6.07, 6.45) is 0. The first-order valence-electron chi connectivity index (χ1n) is 6.30. The second kappa shape index (κ2) is 6.09. The molecule has 0 fully saturated rings. The minimum atomic E-state index is -0.894. The van der Waals surface area contributed by atoms with Crippen molar-refractivity contribution in [2.45, 2.75) is 19.9 Å². The van der Waals surface area contributed by atoms with Gasteiger partial charge in [-0.1, -0.05) is 46.3 Å². The number of aliphatic carboxylic acids is 1. The fourth-order valence-electron chi connectivity index (χ4n) is 2.03. The van der Waals surface area contributed by atoms with Crippen molar-refractivity contribution in [3.05, 3.63) is 63.6 Å². The number of anilines is 1. The fourth-order valence-corrected chi connectivity index (χ4v) is 2.27. The number of para-hydroxylation sites is 1. The van der Waals surface area contributed by atoms with Crippen LogP contribution in [0.2, 0.25) is 0 Å². The number of hydrogen-bond acceptors (Lipinski definition) is 2. The van der Waals surface area contributed by atoms with Gasteiger partial charge < -0.3 is 10.4 Å². The van der Waals surface area contributed by atoms with E-state index in [0.717, 1.165) is 26.9 Å². The van der Waals surface area contributed by atoms with Crippen LogP contribution < -0.4 is 5.32 Å². The van der Waals surface area contributed by atoms with E-state index < -0.39 is 12.0 Å². The first-order valence-corrected chi connectivity index (χ1v) is 7.09. The van der Waals surface area contributed by atoms with Gasteiger partial charge in [0, 0.05) is 10.2 Å². The van der Waals surface area contributed by atoms with E-state index in [4.69, 9.17) is 0 Å². The molecule has 20 heavy (non-hydrogen) atoms. The van der Waals surface area contributed by atoms with Crippen molar-refractivity contribution in [1.29, 1.82) is 0 Å². The van der Waals surface area contributed by atoms with Crippen molar-refractivity contribution >= 4 is 27.6 Å². The maximum absolute atomic E-state index is 11.5. The monoisotopic (exact) mass is 333 g/mol. The second-order valence-electron chi connectivity index (χ2n) is 4.74. The molecule has 4 heteroatoms. The molecule has 1 atom stereocenters. The van der Waals surface area contributed by atoms with E-state index >= 15 is 0 Å². The Bertz CT molecular complexity index is 640. The number of nitrogens with one attached hydrogen (secondary N) is 1. The highest BCUT2D eigenvalue weighted by molar-refractivity contribution is 9.10. The Balaban J connectivity index is 2.34. The molecule has 0 bridgehead atoms. The maximum Gasteiger partial charge on any atom is 0.330 e. The molecule has 0 saturated carbocycles. The van der Waals surface area contributed by atoms with E-state index in [1.807, 2.05) is 56.3 Å². The van der Waals surface area contributed by atoms with Gasteiger partial charge in [-0.3, -0.25) is 0 Å². The second-order valence-corrected chi connectivity index (χ2v) is 5.59. The van der Waals surface area contributed by atoms with Gasteiger partial charge in [0.2, 0.25) is 0 Å². The fraction of sp³-hybridized carbons (Fsp3) is 0.188. The molecule has 0 spiro atoms. The highest BCUT2D eigenvalue weighted by Crippen LogP contribution is 2.25. The standard InChI is InChI=1S/C16H16BrNO2/c1-10-5-3-4-6-14(10)18-15(16(19)20)12-7-8-13(17)11(2)9-12/h3-9,15,18H,1-2H3,(H,19,20). The molecule has 2 aromatic carbocycles. The van der Waals surface area contributed by atoms with Crippen molar-refractivity contribution < 1.29 is 9.90 Å². The normalized spacial score (nSPS) is 11.9. The van der Waals surface area contributed by atoms with Crippen LogP contribution in [0.1, 0.15) is 22.7 Å². The molecule has 0 aliphatic heterocycles. The molecule has 0 heterocycles. The zero-order valence-corrected chi connectivity index (χ0v) is 12.9. The molecule has 0 radical (unpaired) electrons. The number of carbonyl (C=O) groups is 1. The van der Waals surface area contributed by atoms with Gasteiger partial charge in [-0.05, 0) is 42.7 Å². The molecule has 2 aromatic rings. The van der Waals surface area contributed by atoms with Gasteiger partial charge in [0.15, 0.2) is 6.04 Å². The summed E-state index contributed by atoms with van der Waals surface area (Å²) in [6.45, 7) is 3.90. The summed E-state index contributed by atoms with van der Waals surface area (Å²) in [5.74, 6) is -0.894. The van der Waals surface area contributed by atoms with Crippen LogP contribution in [0.25, 0.3) is 0 Å². The highest BCUT2D eigenvalue weighted by atomic mass is 79.9. The van der Waals surface area contributed by atoms with Crippen molar-refractivity contribution in [3.8, 4) is 0 Å². The van der Waals surface area contributed by atoms with E-state index in [1.165, 1.54) is 0 Å². The Morgan fingerprint density at radius 3 is 2.45 bits per heavy atom. The summed E-state index contributed by atoms with van der Waals surface area (Å²) < 4.78 is 0.973. The summed E-state index contributed by atoms with van der Waals surface area (Å²) in [5.41, 5.74) is 3.61. The Labute approximate surface area is 126 Å². The zero-order chi connectivity index (χ0) is 14.7. The van der Waals surface area contributed by atoms with Gasteiger partial charge in [-0.2, -0.15) is 0 Å². The van der Waals surface area contributed by atoms with Gasteiger partial charge in [-0.15, -0.1) is 0 Å². The molecule has 1 unspecified atom stereocenters. The van der Waals surface area contributed by atoms with E-state index in [2.05, 4.69) is 21.2 Å².